The first kappa shape index (κ1) is 12.6. The lowest BCUT2D eigenvalue weighted by atomic mass is 10.2. The van der Waals surface area contributed by atoms with Crippen molar-refractivity contribution < 1.29 is 4.74 Å². The number of rotatable bonds is 6. The lowest BCUT2D eigenvalue weighted by Crippen LogP contribution is -2.31. The third kappa shape index (κ3) is 3.89. The normalized spacial score (nSPS) is 13.1. The fraction of sp³-hybridized carbons (Fsp3) is 0.727. The minimum absolute atomic E-state index is 0.430. The van der Waals surface area contributed by atoms with Crippen molar-refractivity contribution in [1.82, 2.24) is 10.3 Å². The number of aryl methyl sites for hydroxylation is 2. The van der Waals surface area contributed by atoms with E-state index in [1.165, 1.54) is 9.88 Å². The summed E-state index contributed by atoms with van der Waals surface area (Å²) in [5, 5.41) is 4.62. The Kier molecular flexibility index (Phi) is 5.22. The van der Waals surface area contributed by atoms with Crippen molar-refractivity contribution in [2.45, 2.75) is 39.8 Å². The fourth-order valence-corrected chi connectivity index (χ4v) is 2.25. The SMILES string of the molecule is CCC(COC)NCc1nc(C)c(C)s1. The largest absolute Gasteiger partial charge is 0.383 e. The zero-order valence-electron chi connectivity index (χ0n) is 9.96. The standard InChI is InChI=1S/C11H20N2OS/c1-5-10(7-14-4)12-6-11-13-8(2)9(3)15-11/h10,12H,5-7H2,1-4H3. The summed E-state index contributed by atoms with van der Waals surface area (Å²) in [7, 11) is 1.74. The van der Waals surface area contributed by atoms with E-state index in [-0.39, 0.29) is 0 Å². The van der Waals surface area contributed by atoms with E-state index in [1.807, 2.05) is 0 Å². The van der Waals surface area contributed by atoms with Crippen molar-refractivity contribution in [1.29, 1.82) is 0 Å². The summed E-state index contributed by atoms with van der Waals surface area (Å²) in [5.41, 5.74) is 1.15. The molecule has 0 aliphatic carbocycles. The number of ether oxygens (including phenoxy) is 1. The Morgan fingerprint density at radius 2 is 2.20 bits per heavy atom. The molecule has 1 heterocycles. The molecule has 0 amide bonds. The van der Waals surface area contributed by atoms with Gasteiger partial charge in [-0.2, -0.15) is 0 Å². The molecule has 1 atom stereocenters. The van der Waals surface area contributed by atoms with Crippen molar-refractivity contribution in [2.24, 2.45) is 0 Å². The highest BCUT2D eigenvalue weighted by Gasteiger charge is 2.07. The van der Waals surface area contributed by atoms with Crippen LogP contribution >= 0.6 is 11.3 Å². The summed E-state index contributed by atoms with van der Waals surface area (Å²) in [6.07, 6.45) is 1.08. The summed E-state index contributed by atoms with van der Waals surface area (Å²) in [6, 6.07) is 0.430. The topological polar surface area (TPSA) is 34.1 Å². The van der Waals surface area contributed by atoms with Gasteiger partial charge in [-0.3, -0.25) is 0 Å². The third-order valence-corrected chi connectivity index (χ3v) is 3.55. The van der Waals surface area contributed by atoms with Crippen LogP contribution in [-0.2, 0) is 11.3 Å². The van der Waals surface area contributed by atoms with E-state index in [0.29, 0.717) is 6.04 Å². The molecule has 0 saturated carbocycles. The predicted molar refractivity (Wildman–Crippen MR) is 64.4 cm³/mol. The predicted octanol–water partition coefficient (Wildman–Crippen LogP) is 2.27. The van der Waals surface area contributed by atoms with Crippen LogP contribution in [0.25, 0.3) is 0 Å². The Hall–Kier alpha value is -0.450. The molecule has 0 fully saturated rings. The monoisotopic (exact) mass is 228 g/mol. The first-order valence-electron chi connectivity index (χ1n) is 5.32. The Bertz CT molecular complexity index is 279. The molecular weight excluding hydrogens is 208 g/mol. The average Bonchev–Trinajstić information content (AvgIpc) is 2.53. The molecule has 0 aromatic carbocycles. The van der Waals surface area contributed by atoms with Crippen molar-refractivity contribution in [3.63, 3.8) is 0 Å². The molecule has 1 aromatic heterocycles. The van der Waals surface area contributed by atoms with E-state index in [4.69, 9.17) is 4.74 Å². The van der Waals surface area contributed by atoms with Crippen LogP contribution in [-0.4, -0.2) is 24.7 Å². The van der Waals surface area contributed by atoms with E-state index in [0.717, 1.165) is 25.3 Å². The maximum absolute atomic E-state index is 5.13. The number of nitrogens with zero attached hydrogens (tertiary/aromatic N) is 1. The van der Waals surface area contributed by atoms with Crippen LogP contribution in [0, 0.1) is 13.8 Å². The maximum Gasteiger partial charge on any atom is 0.107 e. The van der Waals surface area contributed by atoms with Crippen molar-refractivity contribution in [3.8, 4) is 0 Å². The highest BCUT2D eigenvalue weighted by atomic mass is 32.1. The van der Waals surface area contributed by atoms with Crippen LogP contribution < -0.4 is 5.32 Å². The Morgan fingerprint density at radius 3 is 2.67 bits per heavy atom. The summed E-state index contributed by atoms with van der Waals surface area (Å²) in [6.45, 7) is 7.95. The molecule has 1 rings (SSSR count). The smallest absolute Gasteiger partial charge is 0.107 e. The average molecular weight is 228 g/mol. The van der Waals surface area contributed by atoms with E-state index in [2.05, 4.69) is 31.1 Å². The van der Waals surface area contributed by atoms with Gasteiger partial charge in [-0.05, 0) is 20.3 Å². The second-order valence-electron chi connectivity index (χ2n) is 3.69. The van der Waals surface area contributed by atoms with Crippen molar-refractivity contribution in [2.75, 3.05) is 13.7 Å². The van der Waals surface area contributed by atoms with E-state index in [1.54, 1.807) is 18.4 Å². The lowest BCUT2D eigenvalue weighted by Gasteiger charge is -2.14. The number of aromatic nitrogens is 1. The minimum Gasteiger partial charge on any atom is -0.383 e. The second-order valence-corrected chi connectivity index (χ2v) is 4.98. The molecule has 0 bridgehead atoms. The maximum atomic E-state index is 5.13. The van der Waals surface area contributed by atoms with Gasteiger partial charge in [0.25, 0.3) is 0 Å². The molecule has 0 saturated heterocycles. The number of thiazole rings is 1. The Morgan fingerprint density at radius 1 is 1.47 bits per heavy atom. The molecule has 0 aliphatic heterocycles. The molecule has 3 nitrogen and oxygen atoms in total. The van der Waals surface area contributed by atoms with E-state index in [9.17, 15) is 0 Å². The minimum atomic E-state index is 0.430. The van der Waals surface area contributed by atoms with Gasteiger partial charge in [0, 0.05) is 24.6 Å². The van der Waals surface area contributed by atoms with Gasteiger partial charge in [-0.15, -0.1) is 11.3 Å². The molecule has 86 valence electrons. The summed E-state index contributed by atoms with van der Waals surface area (Å²) < 4.78 is 5.13. The molecule has 0 aliphatic rings. The van der Waals surface area contributed by atoms with Crippen LogP contribution in [0.1, 0.15) is 28.9 Å². The number of hydrogen-bond donors (Lipinski definition) is 1. The van der Waals surface area contributed by atoms with Gasteiger partial charge >= 0.3 is 0 Å². The van der Waals surface area contributed by atoms with Gasteiger partial charge in [0.05, 0.1) is 12.3 Å². The van der Waals surface area contributed by atoms with Gasteiger partial charge in [0.15, 0.2) is 0 Å². The van der Waals surface area contributed by atoms with Crippen LogP contribution in [0.5, 0.6) is 0 Å². The molecule has 4 heteroatoms. The fourth-order valence-electron chi connectivity index (χ4n) is 1.37. The van der Waals surface area contributed by atoms with Gasteiger partial charge in [0.1, 0.15) is 5.01 Å². The second kappa shape index (κ2) is 6.20. The summed E-state index contributed by atoms with van der Waals surface area (Å²) in [5.74, 6) is 0. The molecule has 1 N–H and O–H groups in total. The van der Waals surface area contributed by atoms with Gasteiger partial charge in [0.2, 0.25) is 0 Å². The Balaban J connectivity index is 2.41. The van der Waals surface area contributed by atoms with Crippen LogP contribution in [0.3, 0.4) is 0 Å². The molecule has 1 aromatic rings. The molecule has 1 unspecified atom stereocenters. The van der Waals surface area contributed by atoms with Gasteiger partial charge in [-0.25, -0.2) is 4.98 Å². The van der Waals surface area contributed by atoms with Crippen LogP contribution in [0.2, 0.25) is 0 Å². The highest BCUT2D eigenvalue weighted by Crippen LogP contribution is 2.16. The van der Waals surface area contributed by atoms with Gasteiger partial charge in [-0.1, -0.05) is 6.92 Å². The van der Waals surface area contributed by atoms with Crippen molar-refractivity contribution in [3.05, 3.63) is 15.6 Å². The lowest BCUT2D eigenvalue weighted by molar-refractivity contribution is 0.164. The van der Waals surface area contributed by atoms with E-state index >= 15 is 0 Å². The summed E-state index contributed by atoms with van der Waals surface area (Å²) in [4.78, 5) is 5.80. The van der Waals surface area contributed by atoms with Gasteiger partial charge < -0.3 is 10.1 Å². The van der Waals surface area contributed by atoms with E-state index < -0.39 is 0 Å². The zero-order chi connectivity index (χ0) is 11.3. The molecule has 0 radical (unpaired) electrons. The molecular formula is C11H20N2OS. The molecule has 15 heavy (non-hydrogen) atoms. The quantitative estimate of drug-likeness (QED) is 0.811. The zero-order valence-corrected chi connectivity index (χ0v) is 10.8. The third-order valence-electron chi connectivity index (χ3n) is 2.48. The number of hydrogen-bond acceptors (Lipinski definition) is 4. The number of nitrogens with one attached hydrogen (secondary N) is 1. The van der Waals surface area contributed by atoms with Crippen molar-refractivity contribution >= 4 is 11.3 Å². The Labute approximate surface area is 95.9 Å². The first-order chi connectivity index (χ1) is 7.17. The van der Waals surface area contributed by atoms with Crippen LogP contribution in [0.4, 0.5) is 0 Å². The number of methoxy groups -OCH3 is 1. The first-order valence-corrected chi connectivity index (χ1v) is 6.14. The highest BCUT2D eigenvalue weighted by molar-refractivity contribution is 7.11. The summed E-state index contributed by atoms with van der Waals surface area (Å²) >= 11 is 1.77. The molecule has 0 spiro atoms. The van der Waals surface area contributed by atoms with Crippen LogP contribution in [0.15, 0.2) is 0 Å².